The Morgan fingerprint density at radius 3 is 2.89 bits per heavy atom. The minimum Gasteiger partial charge on any atom is -0.478 e. The van der Waals surface area contributed by atoms with Gasteiger partial charge in [0.05, 0.1) is 0 Å². The zero-order chi connectivity index (χ0) is 13.8. The molecule has 1 aromatic rings. The number of carbonyl (C=O) groups is 2. The Balaban J connectivity index is 2.25. The van der Waals surface area contributed by atoms with Crippen LogP contribution in [0, 0.1) is 0 Å². The molecule has 5 nitrogen and oxygen atoms in total. The molecule has 0 radical (unpaired) electrons. The average Bonchev–Trinajstić information content (AvgIpc) is 2.40. The number of anilines is 1. The van der Waals surface area contributed by atoms with Crippen LogP contribution < -0.4 is 10.6 Å². The van der Waals surface area contributed by atoms with Gasteiger partial charge in [-0.25, -0.2) is 4.79 Å². The summed E-state index contributed by atoms with van der Waals surface area (Å²) in [5.41, 5.74) is 8.58. The van der Waals surface area contributed by atoms with E-state index in [2.05, 4.69) is 0 Å². The molecule has 0 bridgehead atoms. The van der Waals surface area contributed by atoms with E-state index in [1.807, 2.05) is 18.2 Å². The quantitative estimate of drug-likeness (QED) is 0.793. The standard InChI is InChI=1S/C14H16N2O3/c15-9-10-3-5-12-11(8-10)4-6-13(17)16(12)7-1-2-14(18)19/h1-3,5,8H,4,6-7,9,15H2,(H,18,19)/b2-1+. The number of aryl methyl sites for hydroxylation is 1. The van der Waals surface area contributed by atoms with Gasteiger partial charge < -0.3 is 15.7 Å². The van der Waals surface area contributed by atoms with Crippen LogP contribution in [0.2, 0.25) is 0 Å². The molecule has 5 heteroatoms. The number of rotatable bonds is 4. The smallest absolute Gasteiger partial charge is 0.328 e. The number of carboxylic acids is 1. The summed E-state index contributed by atoms with van der Waals surface area (Å²) in [6.45, 7) is 0.750. The zero-order valence-corrected chi connectivity index (χ0v) is 10.5. The highest BCUT2D eigenvalue weighted by Gasteiger charge is 2.23. The molecule has 19 heavy (non-hydrogen) atoms. The van der Waals surface area contributed by atoms with Crippen LogP contribution in [0.1, 0.15) is 17.5 Å². The zero-order valence-electron chi connectivity index (χ0n) is 10.5. The molecule has 100 valence electrons. The van der Waals surface area contributed by atoms with Gasteiger partial charge in [0.1, 0.15) is 0 Å². The van der Waals surface area contributed by atoms with E-state index in [0.29, 0.717) is 19.4 Å². The number of hydrogen-bond acceptors (Lipinski definition) is 3. The summed E-state index contributed by atoms with van der Waals surface area (Å²) in [6, 6.07) is 5.78. The summed E-state index contributed by atoms with van der Waals surface area (Å²) in [6.07, 6.45) is 3.69. The molecule has 1 aromatic carbocycles. The maximum Gasteiger partial charge on any atom is 0.328 e. The first-order valence-electron chi connectivity index (χ1n) is 6.13. The van der Waals surface area contributed by atoms with Crippen molar-refractivity contribution in [3.8, 4) is 0 Å². The van der Waals surface area contributed by atoms with Gasteiger partial charge in [0.2, 0.25) is 5.91 Å². The molecule has 0 saturated heterocycles. The van der Waals surface area contributed by atoms with Gasteiger partial charge >= 0.3 is 5.97 Å². The summed E-state index contributed by atoms with van der Waals surface area (Å²) in [4.78, 5) is 24.0. The summed E-state index contributed by atoms with van der Waals surface area (Å²) in [7, 11) is 0. The summed E-state index contributed by atoms with van der Waals surface area (Å²) >= 11 is 0. The summed E-state index contributed by atoms with van der Waals surface area (Å²) in [5, 5.41) is 8.57. The van der Waals surface area contributed by atoms with Crippen molar-refractivity contribution in [1.29, 1.82) is 0 Å². The van der Waals surface area contributed by atoms with Crippen molar-refractivity contribution in [1.82, 2.24) is 0 Å². The highest BCUT2D eigenvalue weighted by Crippen LogP contribution is 2.28. The van der Waals surface area contributed by atoms with Crippen LogP contribution in [0.3, 0.4) is 0 Å². The topological polar surface area (TPSA) is 83.6 Å². The van der Waals surface area contributed by atoms with Crippen LogP contribution in [0.5, 0.6) is 0 Å². The van der Waals surface area contributed by atoms with Gasteiger partial charge in [-0.2, -0.15) is 0 Å². The number of aliphatic carboxylic acids is 1. The fourth-order valence-electron chi connectivity index (χ4n) is 2.20. The Labute approximate surface area is 111 Å². The molecular formula is C14H16N2O3. The first kappa shape index (κ1) is 13.3. The van der Waals surface area contributed by atoms with Crippen molar-refractivity contribution < 1.29 is 14.7 Å². The van der Waals surface area contributed by atoms with E-state index in [9.17, 15) is 9.59 Å². The number of carbonyl (C=O) groups excluding carboxylic acids is 1. The maximum atomic E-state index is 11.9. The first-order valence-corrected chi connectivity index (χ1v) is 6.13. The lowest BCUT2D eigenvalue weighted by Crippen LogP contribution is -2.35. The van der Waals surface area contributed by atoms with Gasteiger partial charge in [0, 0.05) is 31.3 Å². The number of nitrogens with two attached hydrogens (primary N) is 1. The van der Waals surface area contributed by atoms with E-state index in [0.717, 1.165) is 22.9 Å². The molecule has 0 unspecified atom stereocenters. The van der Waals surface area contributed by atoms with E-state index < -0.39 is 5.97 Å². The number of nitrogens with zero attached hydrogens (tertiary/aromatic N) is 1. The second-order valence-corrected chi connectivity index (χ2v) is 4.41. The van der Waals surface area contributed by atoms with Crippen molar-refractivity contribution >= 4 is 17.6 Å². The molecule has 0 aliphatic carbocycles. The van der Waals surface area contributed by atoms with Crippen LogP contribution in [0.15, 0.2) is 30.4 Å². The third kappa shape index (κ3) is 3.00. The van der Waals surface area contributed by atoms with Gasteiger partial charge in [0.25, 0.3) is 0 Å². The Hall–Kier alpha value is -2.14. The van der Waals surface area contributed by atoms with Crippen molar-refractivity contribution in [3.05, 3.63) is 41.5 Å². The molecule has 1 aliphatic heterocycles. The number of fused-ring (bicyclic) bond motifs is 1. The maximum absolute atomic E-state index is 11.9. The van der Waals surface area contributed by atoms with Gasteiger partial charge in [-0.05, 0) is 23.6 Å². The molecule has 1 aliphatic rings. The number of hydrogen-bond donors (Lipinski definition) is 2. The molecule has 1 heterocycles. The van der Waals surface area contributed by atoms with E-state index in [-0.39, 0.29) is 12.5 Å². The Morgan fingerprint density at radius 2 is 2.21 bits per heavy atom. The van der Waals surface area contributed by atoms with Crippen LogP contribution >= 0.6 is 0 Å². The molecule has 2 rings (SSSR count). The van der Waals surface area contributed by atoms with Crippen molar-refractivity contribution in [3.63, 3.8) is 0 Å². The van der Waals surface area contributed by atoms with Crippen LogP contribution in [-0.4, -0.2) is 23.5 Å². The van der Waals surface area contributed by atoms with Crippen molar-refractivity contribution in [2.75, 3.05) is 11.4 Å². The molecule has 1 amide bonds. The molecule has 0 saturated carbocycles. The molecule has 0 aromatic heterocycles. The van der Waals surface area contributed by atoms with Crippen molar-refractivity contribution in [2.45, 2.75) is 19.4 Å². The minimum atomic E-state index is -1.01. The van der Waals surface area contributed by atoms with Gasteiger partial charge in [-0.3, -0.25) is 4.79 Å². The predicted molar refractivity (Wildman–Crippen MR) is 71.8 cm³/mol. The Kier molecular flexibility index (Phi) is 3.97. The van der Waals surface area contributed by atoms with Crippen molar-refractivity contribution in [2.24, 2.45) is 5.73 Å². The SMILES string of the molecule is NCc1ccc2c(c1)CCC(=O)N2C/C=C/C(=O)O. The number of benzene rings is 1. The lowest BCUT2D eigenvalue weighted by Gasteiger charge is -2.28. The number of carboxylic acid groups (broad SMARTS) is 1. The second kappa shape index (κ2) is 5.67. The minimum absolute atomic E-state index is 0.0167. The Morgan fingerprint density at radius 1 is 1.42 bits per heavy atom. The Bertz CT molecular complexity index is 537. The van der Waals surface area contributed by atoms with Crippen LogP contribution in [0.4, 0.5) is 5.69 Å². The predicted octanol–water partition coefficient (Wildman–Crippen LogP) is 1.07. The molecule has 0 spiro atoms. The molecule has 3 N–H and O–H groups in total. The molecular weight excluding hydrogens is 244 g/mol. The highest BCUT2D eigenvalue weighted by molar-refractivity contribution is 5.96. The van der Waals surface area contributed by atoms with E-state index in [4.69, 9.17) is 10.8 Å². The van der Waals surface area contributed by atoms with Gasteiger partial charge in [-0.1, -0.05) is 18.2 Å². The van der Waals surface area contributed by atoms with E-state index >= 15 is 0 Å². The lowest BCUT2D eigenvalue weighted by molar-refractivity contribution is -0.131. The molecule has 0 fully saturated rings. The normalized spacial score (nSPS) is 14.8. The van der Waals surface area contributed by atoms with Gasteiger partial charge in [-0.15, -0.1) is 0 Å². The lowest BCUT2D eigenvalue weighted by atomic mass is 9.98. The first-order chi connectivity index (χ1) is 9.11. The van der Waals surface area contributed by atoms with E-state index in [1.165, 1.54) is 6.08 Å². The van der Waals surface area contributed by atoms with E-state index in [1.54, 1.807) is 4.90 Å². The van der Waals surface area contributed by atoms with Gasteiger partial charge in [0.15, 0.2) is 0 Å². The van der Waals surface area contributed by atoms with Crippen LogP contribution in [-0.2, 0) is 22.6 Å². The third-order valence-corrected chi connectivity index (χ3v) is 3.13. The highest BCUT2D eigenvalue weighted by atomic mass is 16.4. The summed E-state index contributed by atoms with van der Waals surface area (Å²) in [5.74, 6) is -0.994. The molecule has 0 atom stereocenters. The average molecular weight is 260 g/mol. The monoisotopic (exact) mass is 260 g/mol. The summed E-state index contributed by atoms with van der Waals surface area (Å²) < 4.78 is 0. The number of amides is 1. The fourth-order valence-corrected chi connectivity index (χ4v) is 2.20. The largest absolute Gasteiger partial charge is 0.478 e. The van der Waals surface area contributed by atoms with Crippen LogP contribution in [0.25, 0.3) is 0 Å². The second-order valence-electron chi connectivity index (χ2n) is 4.41. The third-order valence-electron chi connectivity index (χ3n) is 3.13. The fraction of sp³-hybridized carbons (Fsp3) is 0.286.